The molecule has 20 heavy (non-hydrogen) atoms. The molecule has 1 aromatic heterocycles. The van der Waals surface area contributed by atoms with Gasteiger partial charge in [-0.15, -0.1) is 0 Å². The van der Waals surface area contributed by atoms with Crippen LogP contribution in [-0.4, -0.2) is 22.8 Å². The van der Waals surface area contributed by atoms with E-state index in [2.05, 4.69) is 0 Å². The number of rotatable bonds is 4. The topological polar surface area (TPSA) is 68.5 Å². The molecule has 5 heteroatoms. The number of aromatic nitrogens is 1. The summed E-state index contributed by atoms with van der Waals surface area (Å²) in [6, 6.07) is 8.83. The largest absolute Gasteiger partial charge is 0.497 e. The molecule has 0 spiro atoms. The lowest BCUT2D eigenvalue weighted by atomic mass is 10.2. The average Bonchev–Trinajstić information content (AvgIpc) is 2.41. The van der Waals surface area contributed by atoms with E-state index in [4.69, 9.17) is 9.84 Å². The molecule has 0 saturated heterocycles. The van der Waals surface area contributed by atoms with E-state index in [1.807, 2.05) is 24.3 Å². The molecule has 0 atom stereocenters. The Hall–Kier alpha value is -2.56. The highest BCUT2D eigenvalue weighted by Crippen LogP contribution is 2.14. The Bertz CT molecular complexity index is 703. The molecule has 5 nitrogen and oxygen atoms in total. The van der Waals surface area contributed by atoms with E-state index >= 15 is 0 Å². The minimum Gasteiger partial charge on any atom is -0.497 e. The van der Waals surface area contributed by atoms with Gasteiger partial charge in [0.15, 0.2) is 5.43 Å². The second kappa shape index (κ2) is 5.61. The molecule has 0 aliphatic rings. The number of carbonyl (C=O) groups is 1. The maximum Gasteiger partial charge on any atom is 0.341 e. The van der Waals surface area contributed by atoms with Crippen LogP contribution in [0.15, 0.2) is 41.3 Å². The SMILES string of the molecule is COc1cccc(Cn2cc(C(=O)O)c(=O)cc2C)c1. The highest BCUT2D eigenvalue weighted by atomic mass is 16.5. The van der Waals surface area contributed by atoms with Gasteiger partial charge in [-0.05, 0) is 24.6 Å². The van der Waals surface area contributed by atoms with Gasteiger partial charge in [-0.2, -0.15) is 0 Å². The van der Waals surface area contributed by atoms with E-state index in [-0.39, 0.29) is 5.56 Å². The predicted octanol–water partition coefficient (Wildman–Crippen LogP) is 1.91. The first-order valence-corrected chi connectivity index (χ1v) is 6.08. The fraction of sp³-hybridized carbons (Fsp3) is 0.200. The third-order valence-corrected chi connectivity index (χ3v) is 3.06. The Morgan fingerprint density at radius 2 is 2.10 bits per heavy atom. The van der Waals surface area contributed by atoms with Gasteiger partial charge < -0.3 is 14.4 Å². The summed E-state index contributed by atoms with van der Waals surface area (Å²) in [5, 5.41) is 9.00. The Labute approximate surface area is 116 Å². The smallest absolute Gasteiger partial charge is 0.341 e. The standard InChI is InChI=1S/C15H15NO4/c1-10-6-14(17)13(15(18)19)9-16(10)8-11-4-3-5-12(7-11)20-2/h3-7,9H,8H2,1-2H3,(H,18,19). The van der Waals surface area contributed by atoms with Crippen LogP contribution in [0.3, 0.4) is 0 Å². The highest BCUT2D eigenvalue weighted by Gasteiger charge is 2.10. The molecule has 1 aromatic carbocycles. The number of hydrogen-bond acceptors (Lipinski definition) is 3. The minimum absolute atomic E-state index is 0.224. The van der Waals surface area contributed by atoms with E-state index < -0.39 is 11.4 Å². The lowest BCUT2D eigenvalue weighted by molar-refractivity contribution is 0.0694. The number of pyridine rings is 1. The highest BCUT2D eigenvalue weighted by molar-refractivity contribution is 5.87. The molecule has 0 amide bonds. The number of methoxy groups -OCH3 is 1. The van der Waals surface area contributed by atoms with E-state index in [1.165, 1.54) is 12.3 Å². The summed E-state index contributed by atoms with van der Waals surface area (Å²) in [4.78, 5) is 22.6. The summed E-state index contributed by atoms with van der Waals surface area (Å²) < 4.78 is 6.89. The van der Waals surface area contributed by atoms with Crippen LogP contribution >= 0.6 is 0 Å². The van der Waals surface area contributed by atoms with Gasteiger partial charge in [0, 0.05) is 24.5 Å². The van der Waals surface area contributed by atoms with Crippen molar-refractivity contribution < 1.29 is 14.6 Å². The first-order chi connectivity index (χ1) is 9.51. The van der Waals surface area contributed by atoms with Gasteiger partial charge in [0.05, 0.1) is 7.11 Å². The number of ether oxygens (including phenoxy) is 1. The molecular formula is C15H15NO4. The van der Waals surface area contributed by atoms with Gasteiger partial charge in [-0.1, -0.05) is 12.1 Å². The fourth-order valence-corrected chi connectivity index (χ4v) is 1.97. The molecule has 0 aliphatic heterocycles. The van der Waals surface area contributed by atoms with Gasteiger partial charge in [0.2, 0.25) is 0 Å². The summed E-state index contributed by atoms with van der Waals surface area (Å²) in [7, 11) is 1.59. The molecule has 1 heterocycles. The fourth-order valence-electron chi connectivity index (χ4n) is 1.97. The van der Waals surface area contributed by atoms with Crippen molar-refractivity contribution in [2.24, 2.45) is 0 Å². The second-order valence-electron chi connectivity index (χ2n) is 4.48. The van der Waals surface area contributed by atoms with Gasteiger partial charge in [0.1, 0.15) is 11.3 Å². The predicted molar refractivity (Wildman–Crippen MR) is 74.5 cm³/mol. The lowest BCUT2D eigenvalue weighted by Crippen LogP contribution is -2.19. The van der Waals surface area contributed by atoms with E-state index in [1.54, 1.807) is 18.6 Å². The van der Waals surface area contributed by atoms with Gasteiger partial charge in [-0.25, -0.2) is 4.79 Å². The molecule has 0 aliphatic carbocycles. The monoisotopic (exact) mass is 273 g/mol. The summed E-state index contributed by atoms with van der Waals surface area (Å²) in [6.45, 7) is 2.25. The molecule has 0 radical (unpaired) electrons. The van der Waals surface area contributed by atoms with Crippen molar-refractivity contribution in [3.05, 3.63) is 63.6 Å². The Morgan fingerprint density at radius 3 is 2.75 bits per heavy atom. The summed E-state index contributed by atoms with van der Waals surface area (Å²) in [5.41, 5.74) is 0.977. The Kier molecular flexibility index (Phi) is 3.89. The maximum absolute atomic E-state index is 11.6. The van der Waals surface area contributed by atoms with Crippen LogP contribution in [0.4, 0.5) is 0 Å². The van der Waals surface area contributed by atoms with Crippen molar-refractivity contribution in [1.82, 2.24) is 4.57 Å². The molecule has 0 saturated carbocycles. The molecule has 2 rings (SSSR count). The zero-order valence-electron chi connectivity index (χ0n) is 11.3. The van der Waals surface area contributed by atoms with Crippen molar-refractivity contribution in [3.8, 4) is 5.75 Å². The van der Waals surface area contributed by atoms with Crippen LogP contribution in [0.5, 0.6) is 5.75 Å². The van der Waals surface area contributed by atoms with Crippen LogP contribution in [-0.2, 0) is 6.54 Å². The second-order valence-corrected chi connectivity index (χ2v) is 4.48. The van der Waals surface area contributed by atoms with Crippen LogP contribution < -0.4 is 10.2 Å². The van der Waals surface area contributed by atoms with Crippen LogP contribution in [0, 0.1) is 6.92 Å². The van der Waals surface area contributed by atoms with E-state index in [0.717, 1.165) is 11.3 Å². The van der Waals surface area contributed by atoms with Gasteiger partial charge >= 0.3 is 5.97 Å². The summed E-state index contributed by atoms with van der Waals surface area (Å²) >= 11 is 0. The number of carboxylic acid groups (broad SMARTS) is 1. The zero-order chi connectivity index (χ0) is 14.7. The zero-order valence-corrected chi connectivity index (χ0v) is 11.3. The lowest BCUT2D eigenvalue weighted by Gasteiger charge is -2.12. The molecule has 0 fully saturated rings. The molecule has 0 unspecified atom stereocenters. The number of nitrogens with zero attached hydrogens (tertiary/aromatic N) is 1. The number of aromatic carboxylic acids is 1. The third-order valence-electron chi connectivity index (χ3n) is 3.06. The van der Waals surface area contributed by atoms with Gasteiger partial charge in [0.25, 0.3) is 0 Å². The number of aryl methyl sites for hydroxylation is 1. The van der Waals surface area contributed by atoms with Crippen molar-refractivity contribution >= 4 is 5.97 Å². The quantitative estimate of drug-likeness (QED) is 0.924. The average molecular weight is 273 g/mol. The Balaban J connectivity index is 2.40. The van der Waals surface area contributed by atoms with E-state index in [9.17, 15) is 9.59 Å². The number of benzene rings is 1. The molecule has 0 bridgehead atoms. The molecule has 104 valence electrons. The van der Waals surface area contributed by atoms with Crippen molar-refractivity contribution in [1.29, 1.82) is 0 Å². The van der Waals surface area contributed by atoms with Crippen molar-refractivity contribution in [2.45, 2.75) is 13.5 Å². The van der Waals surface area contributed by atoms with E-state index in [0.29, 0.717) is 12.2 Å². The number of carboxylic acids is 1. The molecule has 1 N–H and O–H groups in total. The third kappa shape index (κ3) is 2.88. The van der Waals surface area contributed by atoms with Crippen LogP contribution in [0.1, 0.15) is 21.6 Å². The molecular weight excluding hydrogens is 258 g/mol. The van der Waals surface area contributed by atoms with Crippen LogP contribution in [0.2, 0.25) is 0 Å². The summed E-state index contributed by atoms with van der Waals surface area (Å²) in [6.07, 6.45) is 1.37. The van der Waals surface area contributed by atoms with Crippen molar-refractivity contribution in [3.63, 3.8) is 0 Å². The van der Waals surface area contributed by atoms with Crippen molar-refractivity contribution in [2.75, 3.05) is 7.11 Å². The number of hydrogen-bond donors (Lipinski definition) is 1. The maximum atomic E-state index is 11.6. The van der Waals surface area contributed by atoms with Crippen LogP contribution in [0.25, 0.3) is 0 Å². The van der Waals surface area contributed by atoms with Gasteiger partial charge in [-0.3, -0.25) is 4.79 Å². The first-order valence-electron chi connectivity index (χ1n) is 6.08. The first kappa shape index (κ1) is 13.9. The normalized spacial score (nSPS) is 10.3. The molecule has 2 aromatic rings. The minimum atomic E-state index is -1.21. The Morgan fingerprint density at radius 1 is 1.35 bits per heavy atom. The summed E-state index contributed by atoms with van der Waals surface area (Å²) in [5.74, 6) is -0.478.